The average molecular weight is 390 g/mol. The van der Waals surface area contributed by atoms with E-state index in [2.05, 4.69) is 11.4 Å². The van der Waals surface area contributed by atoms with E-state index in [-0.39, 0.29) is 22.9 Å². The number of carbonyl (C=O) groups is 2. The molecule has 1 fully saturated rings. The van der Waals surface area contributed by atoms with Crippen LogP contribution in [0.25, 0.3) is 0 Å². The zero-order valence-corrected chi connectivity index (χ0v) is 15.4. The molecule has 0 aliphatic carbocycles. The van der Waals surface area contributed by atoms with Crippen LogP contribution < -0.4 is 10.2 Å². The number of benzene rings is 1. The van der Waals surface area contributed by atoms with Crippen LogP contribution in [0.3, 0.4) is 0 Å². The van der Waals surface area contributed by atoms with Crippen LogP contribution in [-0.2, 0) is 9.53 Å². The van der Waals surface area contributed by atoms with E-state index in [0.29, 0.717) is 41.7 Å². The minimum atomic E-state index is -0.461. The molecule has 0 atom stereocenters. The Morgan fingerprint density at radius 1 is 1.27 bits per heavy atom. The Hall–Kier alpha value is -2.40. The van der Waals surface area contributed by atoms with Crippen molar-refractivity contribution in [3.8, 4) is 6.07 Å². The molecule has 0 spiro atoms. The molecule has 1 aromatic heterocycles. The third-order valence-corrected chi connectivity index (χ3v) is 5.42. The summed E-state index contributed by atoms with van der Waals surface area (Å²) in [5.74, 6) is -0.958. The van der Waals surface area contributed by atoms with Crippen LogP contribution in [-0.4, -0.2) is 43.9 Å². The lowest BCUT2D eigenvalue weighted by atomic mass is 10.1. The summed E-state index contributed by atoms with van der Waals surface area (Å²) in [6.07, 6.45) is 0. The van der Waals surface area contributed by atoms with Crippen LogP contribution in [0, 0.1) is 11.3 Å². The molecule has 0 bridgehead atoms. The van der Waals surface area contributed by atoms with E-state index in [4.69, 9.17) is 16.3 Å². The Morgan fingerprint density at radius 2 is 1.96 bits per heavy atom. The molecule has 1 aliphatic rings. The Kier molecular flexibility index (Phi) is 5.89. The predicted molar refractivity (Wildman–Crippen MR) is 101 cm³/mol. The van der Waals surface area contributed by atoms with Gasteiger partial charge < -0.3 is 15.0 Å². The van der Waals surface area contributed by atoms with Gasteiger partial charge in [-0.2, -0.15) is 5.26 Å². The Bertz CT molecular complexity index is 855. The largest absolute Gasteiger partial charge is 0.378 e. The molecule has 1 amide bonds. The van der Waals surface area contributed by atoms with Gasteiger partial charge in [-0.3, -0.25) is 9.59 Å². The second-order valence-electron chi connectivity index (χ2n) is 5.57. The first kappa shape index (κ1) is 18.4. The van der Waals surface area contributed by atoms with E-state index >= 15 is 0 Å². The molecule has 3 rings (SSSR count). The van der Waals surface area contributed by atoms with Crippen molar-refractivity contribution >= 4 is 45.3 Å². The number of hydrogen-bond donors (Lipinski definition) is 1. The molecule has 1 aliphatic heterocycles. The summed E-state index contributed by atoms with van der Waals surface area (Å²) in [6.45, 7) is 2.34. The third kappa shape index (κ3) is 3.73. The Morgan fingerprint density at radius 3 is 2.58 bits per heavy atom. The molecule has 8 heteroatoms. The molecule has 2 heterocycles. The summed E-state index contributed by atoms with van der Waals surface area (Å²) in [5, 5.41) is 13.0. The van der Waals surface area contributed by atoms with Crippen molar-refractivity contribution in [2.45, 2.75) is 0 Å². The molecule has 1 N–H and O–H groups in total. The van der Waals surface area contributed by atoms with Crippen molar-refractivity contribution in [2.24, 2.45) is 0 Å². The fourth-order valence-corrected chi connectivity index (χ4v) is 3.97. The van der Waals surface area contributed by atoms with Gasteiger partial charge in [0.1, 0.15) is 27.4 Å². The average Bonchev–Trinajstić information content (AvgIpc) is 3.06. The number of ketones is 1. The monoisotopic (exact) mass is 389 g/mol. The van der Waals surface area contributed by atoms with Crippen molar-refractivity contribution in [2.75, 3.05) is 42.4 Å². The van der Waals surface area contributed by atoms with Gasteiger partial charge in [-0.05, 0) is 0 Å². The fourth-order valence-electron chi connectivity index (χ4n) is 2.68. The minimum Gasteiger partial charge on any atom is -0.378 e. The lowest BCUT2D eigenvalue weighted by Gasteiger charge is -2.27. The highest BCUT2D eigenvalue weighted by Gasteiger charge is 2.28. The number of alkyl halides is 1. The van der Waals surface area contributed by atoms with Crippen molar-refractivity contribution in [1.82, 2.24) is 0 Å². The molecule has 1 aromatic carbocycles. The molecule has 6 nitrogen and oxygen atoms in total. The number of nitrogens with one attached hydrogen (secondary N) is 1. The van der Waals surface area contributed by atoms with E-state index in [0.717, 1.165) is 0 Å². The highest BCUT2D eigenvalue weighted by molar-refractivity contribution is 7.19. The lowest BCUT2D eigenvalue weighted by Crippen LogP contribution is -2.36. The summed E-state index contributed by atoms with van der Waals surface area (Å²) in [6, 6.07) is 10.9. The molecule has 0 unspecified atom stereocenters. The van der Waals surface area contributed by atoms with Crippen LogP contribution in [0.2, 0.25) is 0 Å². The van der Waals surface area contributed by atoms with Gasteiger partial charge in [0.2, 0.25) is 11.7 Å². The van der Waals surface area contributed by atoms with Crippen LogP contribution in [0.5, 0.6) is 0 Å². The Labute approximate surface area is 159 Å². The van der Waals surface area contributed by atoms with E-state index in [1.165, 1.54) is 11.3 Å². The van der Waals surface area contributed by atoms with Crippen molar-refractivity contribution in [1.29, 1.82) is 5.26 Å². The molecule has 134 valence electrons. The number of anilines is 2. The Balaban J connectivity index is 2.09. The van der Waals surface area contributed by atoms with Gasteiger partial charge in [-0.1, -0.05) is 30.3 Å². The number of thiophene rings is 1. The number of halogens is 1. The standard InChI is InChI=1S/C18H16ClN3O3S/c19-10-14(23)21-15-13(11-20)18(22-6-8-25-9-7-22)26-17(15)16(24)12-4-2-1-3-5-12/h1-5H,6-10H2,(H,21,23). The number of carbonyl (C=O) groups excluding carboxylic acids is 2. The smallest absolute Gasteiger partial charge is 0.239 e. The zero-order chi connectivity index (χ0) is 18.5. The lowest BCUT2D eigenvalue weighted by molar-refractivity contribution is -0.113. The van der Waals surface area contributed by atoms with Crippen LogP contribution in [0.1, 0.15) is 20.8 Å². The van der Waals surface area contributed by atoms with Gasteiger partial charge in [0.15, 0.2) is 0 Å². The topological polar surface area (TPSA) is 82.4 Å². The van der Waals surface area contributed by atoms with Gasteiger partial charge in [0.05, 0.1) is 18.9 Å². The molecular weight excluding hydrogens is 374 g/mol. The first-order valence-electron chi connectivity index (χ1n) is 8.01. The third-order valence-electron chi connectivity index (χ3n) is 3.93. The van der Waals surface area contributed by atoms with Crippen molar-refractivity contribution < 1.29 is 14.3 Å². The number of hydrogen-bond acceptors (Lipinski definition) is 6. The second kappa shape index (κ2) is 8.32. The molecule has 0 radical (unpaired) electrons. The molecule has 2 aromatic rings. The summed E-state index contributed by atoms with van der Waals surface area (Å²) >= 11 is 6.81. The van der Waals surface area contributed by atoms with Crippen molar-refractivity contribution in [3.05, 3.63) is 46.3 Å². The quantitative estimate of drug-likeness (QED) is 0.628. The minimum absolute atomic E-state index is 0.235. The number of nitrogens with zero attached hydrogens (tertiary/aromatic N) is 2. The SMILES string of the molecule is N#Cc1c(N2CCOCC2)sc(C(=O)c2ccccc2)c1NC(=O)CCl. The van der Waals surface area contributed by atoms with E-state index in [1.807, 2.05) is 11.0 Å². The van der Waals surface area contributed by atoms with Gasteiger partial charge in [-0.15, -0.1) is 22.9 Å². The maximum absolute atomic E-state index is 13.0. The van der Waals surface area contributed by atoms with E-state index < -0.39 is 5.91 Å². The van der Waals surface area contributed by atoms with Gasteiger partial charge in [-0.25, -0.2) is 0 Å². The van der Waals surface area contributed by atoms with E-state index in [9.17, 15) is 14.9 Å². The first-order chi connectivity index (χ1) is 12.7. The van der Waals surface area contributed by atoms with Crippen LogP contribution in [0.4, 0.5) is 10.7 Å². The summed E-state index contributed by atoms with van der Waals surface area (Å²) < 4.78 is 5.36. The normalized spacial score (nSPS) is 13.9. The highest BCUT2D eigenvalue weighted by Crippen LogP contribution is 2.41. The highest BCUT2D eigenvalue weighted by atomic mass is 35.5. The maximum Gasteiger partial charge on any atom is 0.239 e. The first-order valence-corrected chi connectivity index (χ1v) is 9.36. The predicted octanol–water partition coefficient (Wildman–Crippen LogP) is 2.86. The van der Waals surface area contributed by atoms with Crippen LogP contribution >= 0.6 is 22.9 Å². The summed E-state index contributed by atoms with van der Waals surface area (Å²) in [7, 11) is 0. The van der Waals surface area contributed by atoms with Gasteiger partial charge >= 0.3 is 0 Å². The molecule has 26 heavy (non-hydrogen) atoms. The maximum atomic E-state index is 13.0. The number of amides is 1. The molecule has 0 saturated carbocycles. The van der Waals surface area contributed by atoms with Gasteiger partial charge in [0.25, 0.3) is 0 Å². The number of ether oxygens (including phenoxy) is 1. The van der Waals surface area contributed by atoms with E-state index in [1.54, 1.807) is 24.3 Å². The second-order valence-corrected chi connectivity index (χ2v) is 6.84. The number of morpholine rings is 1. The number of nitriles is 1. The summed E-state index contributed by atoms with van der Waals surface area (Å²) in [5.41, 5.74) is 1.02. The molecular formula is C18H16ClN3O3S. The zero-order valence-electron chi connectivity index (χ0n) is 13.8. The molecule has 1 saturated heterocycles. The van der Waals surface area contributed by atoms with Gasteiger partial charge in [0, 0.05) is 18.7 Å². The van der Waals surface area contributed by atoms with Crippen LogP contribution in [0.15, 0.2) is 30.3 Å². The fraction of sp³-hybridized carbons (Fsp3) is 0.278. The summed E-state index contributed by atoms with van der Waals surface area (Å²) in [4.78, 5) is 27.2. The van der Waals surface area contributed by atoms with Crippen molar-refractivity contribution in [3.63, 3.8) is 0 Å². The number of rotatable bonds is 5.